The molecule has 3 heterocycles. The van der Waals surface area contributed by atoms with E-state index in [-0.39, 0.29) is 5.91 Å². The second kappa shape index (κ2) is 8.96. The number of amides is 1. The summed E-state index contributed by atoms with van der Waals surface area (Å²) in [6.45, 7) is 3.42. The van der Waals surface area contributed by atoms with Crippen LogP contribution in [-0.2, 0) is 12.3 Å². The van der Waals surface area contributed by atoms with E-state index in [1.54, 1.807) is 11.8 Å². The molecular weight excluding hydrogens is 382 g/mol. The smallest absolute Gasteiger partial charge is 0.252 e. The molecule has 4 aromatic rings. The van der Waals surface area contributed by atoms with Crippen LogP contribution in [0.25, 0.3) is 5.65 Å². The van der Waals surface area contributed by atoms with Gasteiger partial charge < -0.3 is 9.72 Å². The van der Waals surface area contributed by atoms with Crippen LogP contribution in [0.5, 0.6) is 0 Å². The van der Waals surface area contributed by atoms with Gasteiger partial charge >= 0.3 is 0 Å². The number of aromatic nitrogens is 4. The first-order valence-electron chi connectivity index (χ1n) is 9.61. The Morgan fingerprint density at radius 2 is 2.00 bits per heavy atom. The van der Waals surface area contributed by atoms with E-state index < -0.39 is 0 Å². The molecule has 1 N–H and O–H groups in total. The fraction of sp³-hybridized carbons (Fsp3) is 0.227. The maximum absolute atomic E-state index is 12.7. The fourth-order valence-corrected chi connectivity index (χ4v) is 4.05. The Kier molecular flexibility index (Phi) is 5.95. The highest BCUT2D eigenvalue weighted by Crippen LogP contribution is 2.26. The molecule has 0 spiro atoms. The number of carbonyl (C=O) groups is 1. The number of fused-ring (bicyclic) bond motifs is 1. The number of thioether (sulfide) groups is 1. The van der Waals surface area contributed by atoms with Crippen LogP contribution < -0.4 is 5.32 Å². The number of nitrogens with one attached hydrogen (secondary N) is 1. The summed E-state index contributed by atoms with van der Waals surface area (Å²) < 4.78 is 3.91. The molecule has 0 fully saturated rings. The maximum atomic E-state index is 12.7. The summed E-state index contributed by atoms with van der Waals surface area (Å²) in [5.41, 5.74) is 3.77. The van der Waals surface area contributed by atoms with Gasteiger partial charge in [-0.1, -0.05) is 18.2 Å². The maximum Gasteiger partial charge on any atom is 0.252 e. The Morgan fingerprint density at radius 3 is 2.83 bits per heavy atom. The van der Waals surface area contributed by atoms with Crippen LogP contribution in [0.4, 0.5) is 0 Å². The van der Waals surface area contributed by atoms with Crippen molar-refractivity contribution < 1.29 is 4.79 Å². The molecule has 0 saturated carbocycles. The van der Waals surface area contributed by atoms with Crippen LogP contribution in [-0.4, -0.2) is 31.6 Å². The summed E-state index contributed by atoms with van der Waals surface area (Å²) in [5.74, 6) is 0.671. The zero-order chi connectivity index (χ0) is 20.1. The molecule has 0 radical (unpaired) electrons. The van der Waals surface area contributed by atoms with E-state index in [1.165, 1.54) is 0 Å². The molecule has 3 aromatic heterocycles. The van der Waals surface area contributed by atoms with Gasteiger partial charge in [-0.2, -0.15) is 5.10 Å². The summed E-state index contributed by atoms with van der Waals surface area (Å²) in [6, 6.07) is 13.7. The van der Waals surface area contributed by atoms with Gasteiger partial charge in [-0.25, -0.2) is 4.98 Å². The van der Waals surface area contributed by atoms with E-state index in [0.717, 1.165) is 34.8 Å². The lowest BCUT2D eigenvalue weighted by Gasteiger charge is -2.09. The van der Waals surface area contributed by atoms with Crippen molar-refractivity contribution in [3.63, 3.8) is 0 Å². The first-order valence-corrected chi connectivity index (χ1v) is 10.6. The van der Waals surface area contributed by atoms with Gasteiger partial charge in [0.05, 0.1) is 17.5 Å². The zero-order valence-electron chi connectivity index (χ0n) is 16.3. The number of rotatable bonds is 8. The number of benzene rings is 1. The first kappa shape index (κ1) is 19.3. The normalized spacial score (nSPS) is 11.1. The van der Waals surface area contributed by atoms with Crippen LogP contribution in [0.2, 0.25) is 0 Å². The molecule has 0 aliphatic carbocycles. The summed E-state index contributed by atoms with van der Waals surface area (Å²) >= 11 is 1.63. The van der Waals surface area contributed by atoms with Crippen LogP contribution in [0.3, 0.4) is 0 Å². The van der Waals surface area contributed by atoms with Gasteiger partial charge in [0.2, 0.25) is 0 Å². The van der Waals surface area contributed by atoms with Crippen LogP contribution >= 0.6 is 11.8 Å². The van der Waals surface area contributed by atoms with E-state index >= 15 is 0 Å². The van der Waals surface area contributed by atoms with Crippen molar-refractivity contribution in [2.45, 2.75) is 30.5 Å². The predicted octanol–water partition coefficient (Wildman–Crippen LogP) is 3.95. The van der Waals surface area contributed by atoms with Crippen molar-refractivity contribution in [1.82, 2.24) is 24.5 Å². The van der Waals surface area contributed by atoms with E-state index in [1.807, 2.05) is 83.3 Å². The van der Waals surface area contributed by atoms with Gasteiger partial charge in [-0.3, -0.25) is 9.48 Å². The summed E-state index contributed by atoms with van der Waals surface area (Å²) in [5, 5.41) is 7.29. The number of pyridine rings is 1. The average molecular weight is 406 g/mol. The first-order chi connectivity index (χ1) is 14.2. The molecule has 7 heteroatoms. The molecule has 0 bridgehead atoms. The monoisotopic (exact) mass is 405 g/mol. The van der Waals surface area contributed by atoms with Crippen LogP contribution in [0.15, 0.2) is 72.1 Å². The van der Waals surface area contributed by atoms with Crippen molar-refractivity contribution >= 4 is 23.3 Å². The van der Waals surface area contributed by atoms with E-state index in [2.05, 4.69) is 15.4 Å². The third-order valence-electron chi connectivity index (χ3n) is 4.53. The molecule has 0 atom stereocenters. The number of imidazole rings is 1. The minimum atomic E-state index is -0.0419. The van der Waals surface area contributed by atoms with Crippen molar-refractivity contribution in [2.24, 2.45) is 0 Å². The highest BCUT2D eigenvalue weighted by Gasteiger charge is 2.12. The quantitative estimate of drug-likeness (QED) is 0.356. The number of hydrogen-bond acceptors (Lipinski definition) is 4. The molecule has 0 saturated heterocycles. The van der Waals surface area contributed by atoms with Gasteiger partial charge in [-0.05, 0) is 43.2 Å². The van der Waals surface area contributed by atoms with Gasteiger partial charge in [0.1, 0.15) is 5.65 Å². The molecule has 6 nitrogen and oxygen atoms in total. The Balaban J connectivity index is 1.33. The Hall–Kier alpha value is -3.06. The average Bonchev–Trinajstić information content (AvgIpc) is 3.35. The standard InChI is InChI=1S/C22H23N5OS/c1-17-13-24-27(14-17)12-6-10-23-22(28)19-7-2-3-8-20(19)29-16-18-15-26-11-5-4-9-21(26)25-18/h2-5,7-9,11,13-15H,6,10,12,16H2,1H3,(H,23,28). The summed E-state index contributed by atoms with van der Waals surface area (Å²) in [7, 11) is 0. The van der Waals surface area contributed by atoms with E-state index in [0.29, 0.717) is 17.9 Å². The Bertz CT molecular complexity index is 1080. The predicted molar refractivity (Wildman–Crippen MR) is 115 cm³/mol. The Morgan fingerprint density at radius 1 is 1.14 bits per heavy atom. The molecule has 0 unspecified atom stereocenters. The largest absolute Gasteiger partial charge is 0.352 e. The van der Waals surface area contributed by atoms with Crippen LogP contribution in [0.1, 0.15) is 28.0 Å². The third kappa shape index (κ3) is 4.86. The lowest BCUT2D eigenvalue weighted by molar-refractivity contribution is 0.0949. The van der Waals surface area contributed by atoms with Gasteiger partial charge in [0, 0.05) is 42.3 Å². The number of hydrogen-bond donors (Lipinski definition) is 1. The minimum absolute atomic E-state index is 0.0419. The second-order valence-electron chi connectivity index (χ2n) is 6.87. The van der Waals surface area contributed by atoms with Crippen molar-refractivity contribution in [3.05, 3.63) is 84.1 Å². The zero-order valence-corrected chi connectivity index (χ0v) is 17.1. The highest BCUT2D eigenvalue weighted by atomic mass is 32.2. The second-order valence-corrected chi connectivity index (χ2v) is 7.89. The van der Waals surface area contributed by atoms with Crippen molar-refractivity contribution in [2.75, 3.05) is 6.54 Å². The SMILES string of the molecule is Cc1cnn(CCCNC(=O)c2ccccc2SCc2cn3ccccc3n2)c1. The highest BCUT2D eigenvalue weighted by molar-refractivity contribution is 7.98. The number of aryl methyl sites for hydroxylation is 2. The van der Waals surface area contributed by atoms with Crippen LogP contribution in [0, 0.1) is 6.92 Å². The molecule has 148 valence electrons. The lowest BCUT2D eigenvalue weighted by Crippen LogP contribution is -2.25. The van der Waals surface area contributed by atoms with E-state index in [4.69, 9.17) is 0 Å². The van der Waals surface area contributed by atoms with Crippen molar-refractivity contribution in [3.8, 4) is 0 Å². The molecule has 1 aromatic carbocycles. The van der Waals surface area contributed by atoms with Gasteiger partial charge in [0.25, 0.3) is 5.91 Å². The summed E-state index contributed by atoms with van der Waals surface area (Å²) in [6.07, 6.45) is 8.70. The molecular formula is C22H23N5OS. The fourth-order valence-electron chi connectivity index (χ4n) is 3.12. The molecule has 0 aliphatic rings. The Labute approximate surface area is 174 Å². The minimum Gasteiger partial charge on any atom is -0.352 e. The van der Waals surface area contributed by atoms with Gasteiger partial charge in [-0.15, -0.1) is 11.8 Å². The molecule has 4 rings (SSSR count). The molecule has 0 aliphatic heterocycles. The number of nitrogens with zero attached hydrogens (tertiary/aromatic N) is 4. The van der Waals surface area contributed by atoms with Gasteiger partial charge in [0.15, 0.2) is 0 Å². The third-order valence-corrected chi connectivity index (χ3v) is 5.64. The summed E-state index contributed by atoms with van der Waals surface area (Å²) in [4.78, 5) is 18.3. The molecule has 29 heavy (non-hydrogen) atoms. The topological polar surface area (TPSA) is 64.2 Å². The molecule has 1 amide bonds. The van der Waals surface area contributed by atoms with E-state index in [9.17, 15) is 4.79 Å². The lowest BCUT2D eigenvalue weighted by atomic mass is 10.2. The van der Waals surface area contributed by atoms with Crippen molar-refractivity contribution in [1.29, 1.82) is 0 Å². The number of carbonyl (C=O) groups excluding carboxylic acids is 1.